The minimum absolute atomic E-state index is 0.00917. The average molecular weight is 279 g/mol. The molecule has 0 heterocycles. The van der Waals surface area contributed by atoms with E-state index in [9.17, 15) is 12.8 Å². The first kappa shape index (κ1) is 11.1. The molecule has 1 aromatic carbocycles. The third-order valence-electron chi connectivity index (χ3n) is 1.47. The second kappa shape index (κ2) is 3.65. The molecule has 1 aromatic rings. The molecular weight excluding hydrogens is 275 g/mol. The van der Waals surface area contributed by atoms with Crippen LogP contribution in [0.4, 0.5) is 4.39 Å². The number of nitriles is 1. The van der Waals surface area contributed by atoms with Crippen LogP contribution in [0.3, 0.4) is 0 Å². The molecule has 4 nitrogen and oxygen atoms in total. The Kier molecular flexibility index (Phi) is 2.89. The second-order valence-electron chi connectivity index (χ2n) is 2.40. The van der Waals surface area contributed by atoms with Gasteiger partial charge in [0.05, 0.1) is 10.0 Å². The van der Waals surface area contributed by atoms with Crippen molar-refractivity contribution in [3.8, 4) is 6.07 Å². The van der Waals surface area contributed by atoms with Crippen LogP contribution in [0.15, 0.2) is 21.5 Å². The number of rotatable bonds is 1. The first-order chi connectivity index (χ1) is 6.38. The van der Waals surface area contributed by atoms with Crippen molar-refractivity contribution in [1.82, 2.24) is 0 Å². The maximum atomic E-state index is 13.3. The summed E-state index contributed by atoms with van der Waals surface area (Å²) in [4.78, 5) is -0.636. The fraction of sp³-hybridized carbons (Fsp3) is 0. The number of benzene rings is 1. The van der Waals surface area contributed by atoms with E-state index in [0.717, 1.165) is 6.07 Å². The maximum absolute atomic E-state index is 13.3. The molecule has 0 bridgehead atoms. The van der Waals surface area contributed by atoms with Crippen molar-refractivity contribution in [3.63, 3.8) is 0 Å². The molecule has 1 rings (SSSR count). The topological polar surface area (TPSA) is 83.9 Å². The number of primary sulfonamides is 1. The van der Waals surface area contributed by atoms with Gasteiger partial charge < -0.3 is 0 Å². The highest BCUT2D eigenvalue weighted by molar-refractivity contribution is 9.10. The van der Waals surface area contributed by atoms with Gasteiger partial charge in [-0.1, -0.05) is 0 Å². The summed E-state index contributed by atoms with van der Waals surface area (Å²) in [6.45, 7) is 0. The number of sulfonamides is 1. The van der Waals surface area contributed by atoms with Gasteiger partial charge in [0.25, 0.3) is 0 Å². The van der Waals surface area contributed by atoms with E-state index < -0.39 is 20.7 Å². The lowest BCUT2D eigenvalue weighted by Crippen LogP contribution is -2.14. The van der Waals surface area contributed by atoms with Gasteiger partial charge in [-0.2, -0.15) is 5.26 Å². The molecule has 0 radical (unpaired) electrons. The Bertz CT molecular complexity index is 521. The lowest BCUT2D eigenvalue weighted by molar-refractivity contribution is 0.564. The van der Waals surface area contributed by atoms with Crippen molar-refractivity contribution < 1.29 is 12.8 Å². The van der Waals surface area contributed by atoms with Crippen LogP contribution >= 0.6 is 15.9 Å². The molecule has 0 aliphatic rings. The van der Waals surface area contributed by atoms with Crippen molar-refractivity contribution in [3.05, 3.63) is 28.0 Å². The molecule has 0 aliphatic heterocycles. The van der Waals surface area contributed by atoms with Gasteiger partial charge in [0.15, 0.2) is 5.82 Å². The van der Waals surface area contributed by atoms with Crippen molar-refractivity contribution in [2.75, 3.05) is 0 Å². The van der Waals surface area contributed by atoms with Gasteiger partial charge in [0.2, 0.25) is 10.0 Å². The van der Waals surface area contributed by atoms with E-state index in [4.69, 9.17) is 10.4 Å². The Morgan fingerprint density at radius 3 is 2.50 bits per heavy atom. The van der Waals surface area contributed by atoms with Crippen LogP contribution in [0, 0.1) is 17.1 Å². The molecule has 0 saturated carbocycles. The normalized spacial score (nSPS) is 11.0. The van der Waals surface area contributed by atoms with Crippen LogP contribution in [0.2, 0.25) is 0 Å². The lowest BCUT2D eigenvalue weighted by Gasteiger charge is -2.02. The van der Waals surface area contributed by atoms with Gasteiger partial charge >= 0.3 is 0 Å². The van der Waals surface area contributed by atoms with Gasteiger partial charge in [-0.15, -0.1) is 0 Å². The third kappa shape index (κ3) is 1.92. The highest BCUT2D eigenvalue weighted by atomic mass is 79.9. The minimum atomic E-state index is -4.10. The van der Waals surface area contributed by atoms with Crippen LogP contribution in [0.5, 0.6) is 0 Å². The molecular formula is C7H4BrFN2O2S. The molecule has 0 aromatic heterocycles. The van der Waals surface area contributed by atoms with E-state index in [2.05, 4.69) is 15.9 Å². The maximum Gasteiger partial charge on any atom is 0.241 e. The number of nitrogens with two attached hydrogens (primary N) is 1. The fourth-order valence-electron chi connectivity index (χ4n) is 0.838. The molecule has 0 amide bonds. The summed E-state index contributed by atoms with van der Waals surface area (Å²) < 4.78 is 34.8. The average Bonchev–Trinajstić information content (AvgIpc) is 2.07. The van der Waals surface area contributed by atoms with E-state index in [0.29, 0.717) is 0 Å². The SMILES string of the molecule is N#Cc1ccc(S(N)(=O)=O)c(F)c1Br. The van der Waals surface area contributed by atoms with E-state index in [1.165, 1.54) is 6.07 Å². The summed E-state index contributed by atoms with van der Waals surface area (Å²) in [6.07, 6.45) is 0. The van der Waals surface area contributed by atoms with Gasteiger partial charge in [0.1, 0.15) is 11.0 Å². The Morgan fingerprint density at radius 2 is 2.07 bits per heavy atom. The zero-order chi connectivity index (χ0) is 10.9. The zero-order valence-corrected chi connectivity index (χ0v) is 9.06. The quantitative estimate of drug-likeness (QED) is 0.835. The molecule has 0 saturated heterocycles. The zero-order valence-electron chi connectivity index (χ0n) is 6.66. The monoisotopic (exact) mass is 278 g/mol. The van der Waals surface area contributed by atoms with Crippen molar-refractivity contribution in [1.29, 1.82) is 5.26 Å². The highest BCUT2D eigenvalue weighted by Crippen LogP contribution is 2.25. The van der Waals surface area contributed by atoms with Crippen molar-refractivity contribution in [2.45, 2.75) is 4.90 Å². The van der Waals surface area contributed by atoms with E-state index in [-0.39, 0.29) is 10.0 Å². The summed E-state index contributed by atoms with van der Waals surface area (Å²) in [7, 11) is -4.10. The Labute approximate surface area is 88.3 Å². The largest absolute Gasteiger partial charge is 0.241 e. The smallest absolute Gasteiger partial charge is 0.225 e. The van der Waals surface area contributed by atoms with Crippen LogP contribution in [-0.2, 0) is 10.0 Å². The van der Waals surface area contributed by atoms with E-state index in [1.54, 1.807) is 6.07 Å². The molecule has 0 fully saturated rings. The first-order valence-corrected chi connectivity index (χ1v) is 5.62. The van der Waals surface area contributed by atoms with Crippen LogP contribution in [0.1, 0.15) is 5.56 Å². The number of halogens is 2. The number of nitrogens with zero attached hydrogens (tertiary/aromatic N) is 1. The molecule has 0 spiro atoms. The van der Waals surface area contributed by atoms with Gasteiger partial charge in [-0.25, -0.2) is 17.9 Å². The molecule has 74 valence electrons. The molecule has 0 aliphatic carbocycles. The van der Waals surface area contributed by atoms with Gasteiger partial charge in [-0.05, 0) is 28.1 Å². The standard InChI is InChI=1S/C7H4BrFN2O2S/c8-6-4(3-10)1-2-5(7(6)9)14(11,12)13/h1-2H,(H2,11,12,13). The van der Waals surface area contributed by atoms with Gasteiger partial charge in [-0.3, -0.25) is 0 Å². The predicted octanol–water partition coefficient (Wildman–Crippen LogP) is 1.11. The number of hydrogen-bond donors (Lipinski definition) is 1. The Hall–Kier alpha value is -0.970. The molecule has 2 N–H and O–H groups in total. The fourth-order valence-corrected chi connectivity index (χ4v) is 2.01. The molecule has 0 atom stereocenters. The third-order valence-corrected chi connectivity index (χ3v) is 3.18. The Morgan fingerprint density at radius 1 is 1.50 bits per heavy atom. The molecule has 7 heteroatoms. The van der Waals surface area contributed by atoms with E-state index in [1.807, 2.05) is 0 Å². The predicted molar refractivity (Wildman–Crippen MR) is 50.2 cm³/mol. The molecule has 0 unspecified atom stereocenters. The van der Waals surface area contributed by atoms with Crippen LogP contribution in [-0.4, -0.2) is 8.42 Å². The summed E-state index contributed by atoms with van der Waals surface area (Å²) in [5.41, 5.74) is 0.00917. The first-order valence-electron chi connectivity index (χ1n) is 3.29. The lowest BCUT2D eigenvalue weighted by atomic mass is 10.2. The Balaban J connectivity index is 3.57. The van der Waals surface area contributed by atoms with Gasteiger partial charge in [0, 0.05) is 0 Å². The molecule has 14 heavy (non-hydrogen) atoms. The van der Waals surface area contributed by atoms with Crippen LogP contribution in [0.25, 0.3) is 0 Å². The second-order valence-corrected chi connectivity index (χ2v) is 4.72. The summed E-state index contributed by atoms with van der Waals surface area (Å²) >= 11 is 2.77. The van der Waals surface area contributed by atoms with Crippen molar-refractivity contribution >= 4 is 26.0 Å². The minimum Gasteiger partial charge on any atom is -0.225 e. The summed E-state index contributed by atoms with van der Waals surface area (Å²) in [6, 6.07) is 3.82. The van der Waals surface area contributed by atoms with Crippen molar-refractivity contribution in [2.24, 2.45) is 5.14 Å². The summed E-state index contributed by atoms with van der Waals surface area (Å²) in [5.74, 6) is -1.05. The highest BCUT2D eigenvalue weighted by Gasteiger charge is 2.18. The van der Waals surface area contributed by atoms with Crippen LogP contribution < -0.4 is 5.14 Å². The number of hydrogen-bond acceptors (Lipinski definition) is 3. The van der Waals surface area contributed by atoms with E-state index >= 15 is 0 Å². The summed E-state index contributed by atoms with van der Waals surface area (Å²) in [5, 5.41) is 13.3.